The van der Waals surface area contributed by atoms with Crippen LogP contribution in [-0.2, 0) is 4.79 Å². The monoisotopic (exact) mass is 268 g/mol. The molecule has 0 bridgehead atoms. The van der Waals surface area contributed by atoms with Gasteiger partial charge in [-0.25, -0.2) is 0 Å². The second-order valence-corrected chi connectivity index (χ2v) is 4.90. The van der Waals surface area contributed by atoms with Gasteiger partial charge in [0.05, 0.1) is 6.61 Å². The number of hydrogen-bond donors (Lipinski definition) is 2. The van der Waals surface area contributed by atoms with Crippen molar-refractivity contribution in [2.45, 2.75) is 19.4 Å². The Labute approximate surface area is 112 Å². The second kappa shape index (κ2) is 5.59. The van der Waals surface area contributed by atoms with Crippen LogP contribution in [0.1, 0.15) is 12.0 Å². The highest BCUT2D eigenvalue weighted by atomic mass is 35.5. The summed E-state index contributed by atoms with van der Waals surface area (Å²) in [7, 11) is 0. The van der Waals surface area contributed by atoms with Gasteiger partial charge in [0.15, 0.2) is 0 Å². The summed E-state index contributed by atoms with van der Waals surface area (Å²) < 4.78 is 0. The van der Waals surface area contributed by atoms with Gasteiger partial charge in [0.2, 0.25) is 5.91 Å². The first-order valence-corrected chi connectivity index (χ1v) is 6.42. The van der Waals surface area contributed by atoms with Gasteiger partial charge < -0.3 is 15.3 Å². The molecule has 1 aliphatic heterocycles. The molecule has 18 heavy (non-hydrogen) atoms. The predicted octanol–water partition coefficient (Wildman–Crippen LogP) is 1.34. The molecule has 1 heterocycles. The number of carbonyl (C=O) groups excluding carboxylic acids is 1. The summed E-state index contributed by atoms with van der Waals surface area (Å²) in [6, 6.07) is 5.06. The van der Waals surface area contributed by atoms with Crippen molar-refractivity contribution in [3.63, 3.8) is 0 Å². The van der Waals surface area contributed by atoms with Crippen molar-refractivity contribution in [2.24, 2.45) is 0 Å². The minimum absolute atomic E-state index is 0.121. The number of hydrogen-bond acceptors (Lipinski definition) is 3. The number of anilines is 1. The number of halogens is 1. The van der Waals surface area contributed by atoms with Gasteiger partial charge in [-0.3, -0.25) is 4.79 Å². The number of nitrogens with zero attached hydrogens (tertiary/aromatic N) is 1. The van der Waals surface area contributed by atoms with Gasteiger partial charge in [-0.2, -0.15) is 0 Å². The van der Waals surface area contributed by atoms with Crippen LogP contribution in [0.4, 0.5) is 5.69 Å². The van der Waals surface area contributed by atoms with Gasteiger partial charge in [0.25, 0.3) is 0 Å². The smallest absolute Gasteiger partial charge is 0.245 e. The summed E-state index contributed by atoms with van der Waals surface area (Å²) in [5.41, 5.74) is 1.96. The first-order valence-electron chi connectivity index (χ1n) is 6.05. The average molecular weight is 269 g/mol. The molecule has 0 saturated carbocycles. The van der Waals surface area contributed by atoms with Gasteiger partial charge >= 0.3 is 0 Å². The second-order valence-electron chi connectivity index (χ2n) is 4.47. The quantitative estimate of drug-likeness (QED) is 0.851. The first-order chi connectivity index (χ1) is 8.63. The van der Waals surface area contributed by atoms with E-state index in [-0.39, 0.29) is 12.5 Å². The molecule has 1 aliphatic rings. The number of amides is 1. The zero-order chi connectivity index (χ0) is 13.1. The van der Waals surface area contributed by atoms with Gasteiger partial charge in [-0.05, 0) is 37.1 Å². The molecular weight excluding hydrogens is 252 g/mol. The van der Waals surface area contributed by atoms with Crippen molar-refractivity contribution >= 4 is 23.2 Å². The lowest BCUT2D eigenvalue weighted by Crippen LogP contribution is -2.47. The molecule has 1 aromatic carbocycles. The Morgan fingerprint density at radius 1 is 1.56 bits per heavy atom. The summed E-state index contributed by atoms with van der Waals surface area (Å²) in [6.45, 7) is 3.16. The molecule has 2 N–H and O–H groups in total. The fourth-order valence-electron chi connectivity index (χ4n) is 2.29. The van der Waals surface area contributed by atoms with E-state index in [0.29, 0.717) is 11.6 Å². The average Bonchev–Trinajstić information content (AvgIpc) is 2.51. The van der Waals surface area contributed by atoms with Crippen LogP contribution in [0, 0.1) is 6.92 Å². The summed E-state index contributed by atoms with van der Waals surface area (Å²) in [5, 5.41) is 12.9. The maximum Gasteiger partial charge on any atom is 0.245 e. The van der Waals surface area contributed by atoms with Crippen LogP contribution in [0.15, 0.2) is 18.2 Å². The molecule has 1 amide bonds. The molecule has 4 nitrogen and oxygen atoms in total. The minimum atomic E-state index is -0.521. The van der Waals surface area contributed by atoms with Crippen LogP contribution in [0.5, 0.6) is 0 Å². The number of aliphatic hydroxyl groups is 1. The van der Waals surface area contributed by atoms with E-state index in [1.165, 1.54) is 0 Å². The molecule has 0 aromatic heterocycles. The molecule has 1 aromatic rings. The Morgan fingerprint density at radius 3 is 3.00 bits per heavy atom. The van der Waals surface area contributed by atoms with E-state index in [4.69, 9.17) is 11.6 Å². The molecular formula is C13H17ClN2O2. The van der Waals surface area contributed by atoms with Crippen molar-refractivity contribution in [1.82, 2.24) is 5.32 Å². The fraction of sp³-hybridized carbons (Fsp3) is 0.462. The number of carbonyl (C=O) groups is 1. The summed E-state index contributed by atoms with van der Waals surface area (Å²) in [5.74, 6) is -0.121. The molecule has 1 unspecified atom stereocenters. The summed E-state index contributed by atoms with van der Waals surface area (Å²) in [4.78, 5) is 13.8. The van der Waals surface area contributed by atoms with Crippen molar-refractivity contribution in [2.75, 3.05) is 24.6 Å². The Bertz CT molecular complexity index is 451. The Balaban J connectivity index is 2.36. The predicted molar refractivity (Wildman–Crippen MR) is 72.0 cm³/mol. The van der Waals surface area contributed by atoms with Crippen molar-refractivity contribution in [3.05, 3.63) is 28.8 Å². The molecule has 1 atom stereocenters. The third-order valence-electron chi connectivity index (χ3n) is 3.20. The molecule has 2 rings (SSSR count). The SMILES string of the molecule is Cc1cc(Cl)ccc1N1CCCNC(=O)C1CO. The number of benzene rings is 1. The third kappa shape index (κ3) is 2.60. The Morgan fingerprint density at radius 2 is 2.33 bits per heavy atom. The van der Waals surface area contributed by atoms with Gasteiger partial charge in [0.1, 0.15) is 6.04 Å². The largest absolute Gasteiger partial charge is 0.394 e. The van der Waals surface area contributed by atoms with E-state index < -0.39 is 6.04 Å². The topological polar surface area (TPSA) is 52.6 Å². The fourth-order valence-corrected chi connectivity index (χ4v) is 2.51. The molecule has 0 spiro atoms. The molecule has 1 fully saturated rings. The lowest BCUT2D eigenvalue weighted by Gasteiger charge is -2.30. The standard InChI is InChI=1S/C13H17ClN2O2/c1-9-7-10(14)3-4-11(9)16-6-2-5-15-13(18)12(16)8-17/h3-4,7,12,17H,2,5-6,8H2,1H3,(H,15,18). The normalized spacial score (nSPS) is 20.5. The zero-order valence-electron chi connectivity index (χ0n) is 10.3. The van der Waals surface area contributed by atoms with E-state index in [1.54, 1.807) is 6.07 Å². The van der Waals surface area contributed by atoms with Gasteiger partial charge in [-0.15, -0.1) is 0 Å². The van der Waals surface area contributed by atoms with Crippen LogP contribution >= 0.6 is 11.6 Å². The highest BCUT2D eigenvalue weighted by Crippen LogP contribution is 2.26. The lowest BCUT2D eigenvalue weighted by atomic mass is 10.1. The zero-order valence-corrected chi connectivity index (χ0v) is 11.1. The maximum atomic E-state index is 11.9. The van der Waals surface area contributed by atoms with Gasteiger partial charge in [0, 0.05) is 23.8 Å². The van der Waals surface area contributed by atoms with E-state index in [2.05, 4.69) is 5.32 Å². The first kappa shape index (κ1) is 13.2. The number of aliphatic hydroxyl groups excluding tert-OH is 1. The van der Waals surface area contributed by atoms with E-state index in [1.807, 2.05) is 24.0 Å². The lowest BCUT2D eigenvalue weighted by molar-refractivity contribution is -0.122. The Hall–Kier alpha value is -1.26. The highest BCUT2D eigenvalue weighted by molar-refractivity contribution is 6.30. The number of rotatable bonds is 2. The molecule has 1 saturated heterocycles. The van der Waals surface area contributed by atoms with Crippen molar-refractivity contribution < 1.29 is 9.90 Å². The van der Waals surface area contributed by atoms with E-state index in [9.17, 15) is 9.90 Å². The summed E-state index contributed by atoms with van der Waals surface area (Å²) >= 11 is 5.94. The van der Waals surface area contributed by atoms with Crippen LogP contribution in [-0.4, -0.2) is 36.8 Å². The van der Waals surface area contributed by atoms with E-state index >= 15 is 0 Å². The summed E-state index contributed by atoms with van der Waals surface area (Å²) in [6.07, 6.45) is 0.865. The molecule has 5 heteroatoms. The maximum absolute atomic E-state index is 11.9. The molecule has 0 aliphatic carbocycles. The minimum Gasteiger partial charge on any atom is -0.394 e. The van der Waals surface area contributed by atoms with Gasteiger partial charge in [-0.1, -0.05) is 11.6 Å². The van der Waals surface area contributed by atoms with Crippen LogP contribution in [0.3, 0.4) is 0 Å². The Kier molecular flexibility index (Phi) is 4.09. The van der Waals surface area contributed by atoms with Crippen LogP contribution < -0.4 is 10.2 Å². The van der Waals surface area contributed by atoms with Crippen LogP contribution in [0.25, 0.3) is 0 Å². The van der Waals surface area contributed by atoms with Crippen molar-refractivity contribution in [3.8, 4) is 0 Å². The third-order valence-corrected chi connectivity index (χ3v) is 3.43. The number of aryl methyl sites for hydroxylation is 1. The highest BCUT2D eigenvalue weighted by Gasteiger charge is 2.28. The van der Waals surface area contributed by atoms with Crippen LogP contribution in [0.2, 0.25) is 5.02 Å². The van der Waals surface area contributed by atoms with E-state index in [0.717, 1.165) is 24.2 Å². The molecule has 0 radical (unpaired) electrons. The number of nitrogens with one attached hydrogen (secondary N) is 1. The van der Waals surface area contributed by atoms with Crippen molar-refractivity contribution in [1.29, 1.82) is 0 Å². The molecule has 98 valence electrons.